The maximum Gasteiger partial charge on any atom is 0.149 e. The third-order valence-corrected chi connectivity index (χ3v) is 3.70. The highest BCUT2D eigenvalue weighted by Gasteiger charge is 2.21. The molecule has 0 unspecified atom stereocenters. The van der Waals surface area contributed by atoms with Gasteiger partial charge in [0.1, 0.15) is 11.6 Å². The minimum Gasteiger partial charge on any atom is -0.396 e. The largest absolute Gasteiger partial charge is 0.396 e. The van der Waals surface area contributed by atoms with Crippen molar-refractivity contribution in [3.63, 3.8) is 0 Å². The van der Waals surface area contributed by atoms with Crippen molar-refractivity contribution < 1.29 is 8.78 Å². The lowest BCUT2D eigenvalue weighted by Gasteiger charge is -2.21. The van der Waals surface area contributed by atoms with Gasteiger partial charge in [0.15, 0.2) is 0 Å². The highest BCUT2D eigenvalue weighted by Crippen LogP contribution is 2.36. The van der Waals surface area contributed by atoms with Crippen LogP contribution in [-0.4, -0.2) is 0 Å². The summed E-state index contributed by atoms with van der Waals surface area (Å²) in [5, 5.41) is 0. The number of nitrogens with two attached hydrogens (primary N) is 1. The molecule has 0 aliphatic carbocycles. The van der Waals surface area contributed by atoms with E-state index in [0.29, 0.717) is 5.56 Å². The van der Waals surface area contributed by atoms with Gasteiger partial charge < -0.3 is 5.73 Å². The van der Waals surface area contributed by atoms with Crippen LogP contribution >= 0.6 is 0 Å². The Balaban J connectivity index is 2.23. The number of hydrogen-bond donors (Lipinski definition) is 1. The van der Waals surface area contributed by atoms with E-state index in [2.05, 4.69) is 0 Å². The van der Waals surface area contributed by atoms with Gasteiger partial charge in [-0.2, -0.15) is 0 Å². The second-order valence-corrected chi connectivity index (χ2v) is 5.14. The van der Waals surface area contributed by atoms with Crippen LogP contribution in [0.2, 0.25) is 0 Å². The Morgan fingerprint density at radius 2 is 1.23 bits per heavy atom. The molecular formula is C19H15F2N. The van der Waals surface area contributed by atoms with Crippen molar-refractivity contribution in [2.75, 3.05) is 5.73 Å². The van der Waals surface area contributed by atoms with E-state index in [-0.39, 0.29) is 11.6 Å². The van der Waals surface area contributed by atoms with E-state index < -0.39 is 11.6 Å². The van der Waals surface area contributed by atoms with E-state index in [0.717, 1.165) is 17.2 Å². The third kappa shape index (κ3) is 2.70. The van der Waals surface area contributed by atoms with E-state index >= 15 is 0 Å². The molecule has 1 nitrogen and oxygen atoms in total. The number of halogens is 2. The minimum atomic E-state index is -0.730. The van der Waals surface area contributed by atoms with Crippen LogP contribution in [0.4, 0.5) is 14.5 Å². The lowest BCUT2D eigenvalue weighted by Crippen LogP contribution is -2.08. The summed E-state index contributed by atoms with van der Waals surface area (Å²) in [6.07, 6.45) is 0. The average Bonchev–Trinajstić information content (AvgIpc) is 2.54. The molecule has 0 bridgehead atoms. The fourth-order valence-corrected chi connectivity index (χ4v) is 2.69. The Bertz CT molecular complexity index is 731. The first-order valence-electron chi connectivity index (χ1n) is 7.01. The van der Waals surface area contributed by atoms with Crippen LogP contribution in [0.1, 0.15) is 22.6 Å². The molecule has 3 aromatic rings. The molecule has 0 saturated carbocycles. The molecule has 0 atom stereocenters. The molecule has 0 saturated heterocycles. The molecule has 110 valence electrons. The molecule has 0 amide bonds. The van der Waals surface area contributed by atoms with Gasteiger partial charge in [-0.1, -0.05) is 60.7 Å². The van der Waals surface area contributed by atoms with Crippen molar-refractivity contribution in [3.8, 4) is 0 Å². The van der Waals surface area contributed by atoms with Crippen molar-refractivity contribution in [3.05, 3.63) is 101 Å². The smallest absolute Gasteiger partial charge is 0.149 e. The van der Waals surface area contributed by atoms with Gasteiger partial charge in [0.25, 0.3) is 0 Å². The monoisotopic (exact) mass is 295 g/mol. The summed E-state index contributed by atoms with van der Waals surface area (Å²) in [6, 6.07) is 21.2. The Hall–Kier alpha value is -2.68. The van der Waals surface area contributed by atoms with Crippen LogP contribution in [0.25, 0.3) is 0 Å². The lowest BCUT2D eigenvalue weighted by atomic mass is 9.84. The fourth-order valence-electron chi connectivity index (χ4n) is 2.69. The minimum absolute atomic E-state index is 0.0147. The van der Waals surface area contributed by atoms with Crippen molar-refractivity contribution in [1.29, 1.82) is 0 Å². The van der Waals surface area contributed by atoms with Gasteiger partial charge >= 0.3 is 0 Å². The van der Waals surface area contributed by atoms with E-state index in [9.17, 15) is 8.78 Å². The zero-order valence-electron chi connectivity index (χ0n) is 11.8. The Kier molecular flexibility index (Phi) is 3.88. The fraction of sp³-hybridized carbons (Fsp3) is 0.0526. The van der Waals surface area contributed by atoms with Crippen LogP contribution in [0.5, 0.6) is 0 Å². The summed E-state index contributed by atoms with van der Waals surface area (Å²) in [5.41, 5.74) is 8.18. The predicted molar refractivity (Wildman–Crippen MR) is 84.6 cm³/mol. The van der Waals surface area contributed by atoms with Crippen LogP contribution in [0.3, 0.4) is 0 Å². The summed E-state index contributed by atoms with van der Waals surface area (Å²) < 4.78 is 27.6. The molecule has 3 aromatic carbocycles. The van der Waals surface area contributed by atoms with Crippen molar-refractivity contribution in [1.82, 2.24) is 0 Å². The molecule has 3 heteroatoms. The Morgan fingerprint density at radius 1 is 0.727 bits per heavy atom. The van der Waals surface area contributed by atoms with Crippen molar-refractivity contribution in [2.24, 2.45) is 0 Å². The van der Waals surface area contributed by atoms with Crippen molar-refractivity contribution in [2.45, 2.75) is 5.92 Å². The van der Waals surface area contributed by atoms with Crippen molar-refractivity contribution >= 4 is 5.69 Å². The van der Waals surface area contributed by atoms with E-state index in [1.807, 2.05) is 60.7 Å². The summed E-state index contributed by atoms with van der Waals surface area (Å²) in [5.74, 6) is -1.67. The standard InChI is InChI=1S/C19H15F2N/c20-15-11-16(19(22)17(21)12-15)18(13-7-3-1-4-8-13)14-9-5-2-6-10-14/h1-12,18H,22H2. The Morgan fingerprint density at radius 3 is 1.73 bits per heavy atom. The molecule has 3 rings (SSSR count). The van der Waals surface area contributed by atoms with Gasteiger partial charge in [-0.3, -0.25) is 0 Å². The molecule has 0 aliphatic rings. The number of anilines is 1. The lowest BCUT2D eigenvalue weighted by molar-refractivity contribution is 0.582. The normalized spacial score (nSPS) is 10.9. The number of nitrogen functional groups attached to an aromatic ring is 1. The zero-order valence-corrected chi connectivity index (χ0v) is 11.8. The van der Waals surface area contributed by atoms with E-state index in [4.69, 9.17) is 5.73 Å². The number of hydrogen-bond acceptors (Lipinski definition) is 1. The van der Waals surface area contributed by atoms with Crippen LogP contribution in [0.15, 0.2) is 72.8 Å². The molecule has 22 heavy (non-hydrogen) atoms. The topological polar surface area (TPSA) is 26.0 Å². The third-order valence-electron chi connectivity index (χ3n) is 3.70. The average molecular weight is 295 g/mol. The highest BCUT2D eigenvalue weighted by molar-refractivity contribution is 5.56. The molecule has 0 radical (unpaired) electrons. The highest BCUT2D eigenvalue weighted by atomic mass is 19.1. The van der Waals surface area contributed by atoms with Gasteiger partial charge in [-0.25, -0.2) is 8.78 Å². The summed E-state index contributed by atoms with van der Waals surface area (Å²) in [4.78, 5) is 0. The molecule has 0 aromatic heterocycles. The first-order valence-corrected chi connectivity index (χ1v) is 7.01. The predicted octanol–water partition coefficient (Wildman–Crippen LogP) is 4.73. The maximum absolute atomic E-state index is 13.9. The van der Waals surface area contributed by atoms with Gasteiger partial charge in [0.2, 0.25) is 0 Å². The molecule has 0 aliphatic heterocycles. The summed E-state index contributed by atoms with van der Waals surface area (Å²) in [7, 11) is 0. The Labute approximate surface area is 128 Å². The molecule has 0 spiro atoms. The van der Waals surface area contributed by atoms with E-state index in [1.165, 1.54) is 6.07 Å². The first kappa shape index (κ1) is 14.3. The summed E-state index contributed by atoms with van der Waals surface area (Å²) >= 11 is 0. The van der Waals surface area contributed by atoms with Crippen LogP contribution in [-0.2, 0) is 0 Å². The SMILES string of the molecule is Nc1c(F)cc(F)cc1C(c1ccccc1)c1ccccc1. The van der Waals surface area contributed by atoms with Gasteiger partial charge in [0.05, 0.1) is 5.69 Å². The second kappa shape index (κ2) is 5.98. The maximum atomic E-state index is 13.9. The molecular weight excluding hydrogens is 280 g/mol. The van der Waals surface area contributed by atoms with Crippen LogP contribution < -0.4 is 5.73 Å². The molecule has 2 N–H and O–H groups in total. The zero-order chi connectivity index (χ0) is 15.5. The summed E-state index contributed by atoms with van der Waals surface area (Å²) in [6.45, 7) is 0. The van der Waals surface area contributed by atoms with E-state index in [1.54, 1.807) is 0 Å². The molecule has 0 fully saturated rings. The number of benzene rings is 3. The van der Waals surface area contributed by atoms with Gasteiger partial charge in [-0.05, 0) is 22.8 Å². The van der Waals surface area contributed by atoms with Gasteiger partial charge in [-0.15, -0.1) is 0 Å². The first-order chi connectivity index (χ1) is 10.7. The molecule has 0 heterocycles. The van der Waals surface area contributed by atoms with Crippen LogP contribution in [0, 0.1) is 11.6 Å². The quantitative estimate of drug-likeness (QED) is 0.549. The number of rotatable bonds is 3. The second-order valence-electron chi connectivity index (χ2n) is 5.14. The van der Waals surface area contributed by atoms with Gasteiger partial charge in [0, 0.05) is 12.0 Å².